The molecule has 0 aromatic carbocycles. The summed E-state index contributed by atoms with van der Waals surface area (Å²) in [6, 6.07) is 1.71. The van der Waals surface area contributed by atoms with Crippen molar-refractivity contribution in [2.75, 3.05) is 31.0 Å². The molecular formula is C10H15BrN4OS. The molecule has 1 rings (SSSR count). The van der Waals surface area contributed by atoms with Gasteiger partial charge in [-0.15, -0.1) is 0 Å². The molecule has 94 valence electrons. The lowest BCUT2D eigenvalue weighted by atomic mass is 10.2. The Bertz CT molecular complexity index is 402. The van der Waals surface area contributed by atoms with Gasteiger partial charge in [0.2, 0.25) is 0 Å². The molecule has 0 atom stereocenters. The molecule has 0 saturated carbocycles. The van der Waals surface area contributed by atoms with Crippen molar-refractivity contribution in [1.29, 1.82) is 0 Å². The Hall–Kier alpha value is -0.790. The SMILES string of the molecule is CSCCN(C)C(=O)c1cc(Br)cnc1NN. The Morgan fingerprint density at radius 2 is 2.41 bits per heavy atom. The number of carbonyl (C=O) groups excluding carboxylic acids is 1. The lowest BCUT2D eigenvalue weighted by molar-refractivity contribution is 0.0804. The molecule has 1 amide bonds. The predicted molar refractivity (Wildman–Crippen MR) is 75.1 cm³/mol. The first-order chi connectivity index (χ1) is 8.10. The van der Waals surface area contributed by atoms with Crippen LogP contribution in [0.3, 0.4) is 0 Å². The fraction of sp³-hybridized carbons (Fsp3) is 0.400. The molecule has 1 aromatic rings. The molecule has 0 fully saturated rings. The minimum Gasteiger partial charge on any atom is -0.341 e. The minimum absolute atomic E-state index is 0.0965. The predicted octanol–water partition coefficient (Wildman–Crippen LogP) is 1.56. The fourth-order valence-electron chi connectivity index (χ4n) is 1.25. The topological polar surface area (TPSA) is 71.2 Å². The van der Waals surface area contributed by atoms with Crippen LogP contribution in [-0.2, 0) is 0 Å². The van der Waals surface area contributed by atoms with Crippen LogP contribution in [0.1, 0.15) is 10.4 Å². The first-order valence-electron chi connectivity index (χ1n) is 4.96. The van der Waals surface area contributed by atoms with Crippen LogP contribution in [-0.4, -0.2) is 41.4 Å². The molecule has 7 heteroatoms. The number of halogens is 1. The van der Waals surface area contributed by atoms with Gasteiger partial charge < -0.3 is 10.3 Å². The van der Waals surface area contributed by atoms with Crippen LogP contribution in [0.5, 0.6) is 0 Å². The Morgan fingerprint density at radius 1 is 1.71 bits per heavy atom. The number of nitrogen functional groups attached to an aromatic ring is 1. The molecule has 0 aliphatic rings. The molecule has 5 nitrogen and oxygen atoms in total. The highest BCUT2D eigenvalue weighted by Crippen LogP contribution is 2.18. The number of hydrazine groups is 1. The van der Waals surface area contributed by atoms with E-state index in [1.54, 1.807) is 36.0 Å². The zero-order chi connectivity index (χ0) is 12.8. The van der Waals surface area contributed by atoms with Crippen LogP contribution < -0.4 is 11.3 Å². The van der Waals surface area contributed by atoms with E-state index in [0.29, 0.717) is 17.9 Å². The minimum atomic E-state index is -0.0965. The molecule has 1 heterocycles. The van der Waals surface area contributed by atoms with Gasteiger partial charge in [0.15, 0.2) is 5.82 Å². The molecule has 0 saturated heterocycles. The lowest BCUT2D eigenvalue weighted by Gasteiger charge is -2.18. The quantitative estimate of drug-likeness (QED) is 0.637. The Kier molecular flexibility index (Phi) is 5.73. The standard InChI is InChI=1S/C10H15BrN4OS/c1-15(3-4-17-2)10(16)8-5-7(11)6-13-9(8)14-12/h5-6H,3-4,12H2,1-2H3,(H,13,14). The first-order valence-corrected chi connectivity index (χ1v) is 7.15. The van der Waals surface area contributed by atoms with Gasteiger partial charge >= 0.3 is 0 Å². The molecule has 0 aliphatic carbocycles. The number of carbonyl (C=O) groups is 1. The summed E-state index contributed by atoms with van der Waals surface area (Å²) >= 11 is 4.99. The van der Waals surface area contributed by atoms with E-state index in [0.717, 1.165) is 10.2 Å². The molecule has 3 N–H and O–H groups in total. The van der Waals surface area contributed by atoms with Crippen LogP contribution >= 0.6 is 27.7 Å². The summed E-state index contributed by atoms with van der Waals surface area (Å²) in [6.45, 7) is 0.691. The number of thioether (sulfide) groups is 1. The number of rotatable bonds is 5. The Morgan fingerprint density at radius 3 is 3.00 bits per heavy atom. The normalized spacial score (nSPS) is 10.1. The summed E-state index contributed by atoms with van der Waals surface area (Å²) in [6.07, 6.45) is 3.60. The number of hydrogen-bond donors (Lipinski definition) is 2. The van der Waals surface area contributed by atoms with Gasteiger partial charge in [0.1, 0.15) is 0 Å². The van der Waals surface area contributed by atoms with E-state index in [-0.39, 0.29) is 5.91 Å². The van der Waals surface area contributed by atoms with Gasteiger partial charge in [-0.3, -0.25) is 4.79 Å². The van der Waals surface area contributed by atoms with Gasteiger partial charge in [-0.25, -0.2) is 10.8 Å². The van der Waals surface area contributed by atoms with Gasteiger partial charge in [0.05, 0.1) is 5.56 Å². The lowest BCUT2D eigenvalue weighted by Crippen LogP contribution is -2.30. The van der Waals surface area contributed by atoms with Crippen molar-refractivity contribution < 1.29 is 4.79 Å². The smallest absolute Gasteiger partial charge is 0.257 e. The highest BCUT2D eigenvalue weighted by atomic mass is 79.9. The molecule has 0 bridgehead atoms. The summed E-state index contributed by atoms with van der Waals surface area (Å²) < 4.78 is 0.748. The third-order valence-corrected chi connectivity index (χ3v) is 3.22. The second kappa shape index (κ2) is 6.83. The second-order valence-corrected chi connectivity index (χ2v) is 5.31. The third-order valence-electron chi connectivity index (χ3n) is 2.20. The van der Waals surface area contributed by atoms with Crippen molar-refractivity contribution in [1.82, 2.24) is 9.88 Å². The van der Waals surface area contributed by atoms with Crippen molar-refractivity contribution in [3.63, 3.8) is 0 Å². The average Bonchev–Trinajstić information content (AvgIpc) is 2.34. The van der Waals surface area contributed by atoms with Gasteiger partial charge in [0, 0.05) is 30.0 Å². The third kappa shape index (κ3) is 3.86. The maximum Gasteiger partial charge on any atom is 0.257 e. The van der Waals surface area contributed by atoms with E-state index in [1.807, 2.05) is 6.26 Å². The van der Waals surface area contributed by atoms with E-state index in [4.69, 9.17) is 5.84 Å². The van der Waals surface area contributed by atoms with Crippen LogP contribution in [0.25, 0.3) is 0 Å². The maximum atomic E-state index is 12.1. The van der Waals surface area contributed by atoms with Crippen molar-refractivity contribution >= 4 is 39.4 Å². The van der Waals surface area contributed by atoms with Crippen LogP contribution in [0.15, 0.2) is 16.7 Å². The number of nitrogens with two attached hydrogens (primary N) is 1. The zero-order valence-corrected chi connectivity index (χ0v) is 12.1. The van der Waals surface area contributed by atoms with E-state index in [9.17, 15) is 4.79 Å². The van der Waals surface area contributed by atoms with Gasteiger partial charge in [-0.2, -0.15) is 11.8 Å². The fourth-order valence-corrected chi connectivity index (χ4v) is 2.04. The van der Waals surface area contributed by atoms with E-state index in [2.05, 4.69) is 26.3 Å². The van der Waals surface area contributed by atoms with Crippen molar-refractivity contribution in [3.8, 4) is 0 Å². The zero-order valence-electron chi connectivity index (χ0n) is 9.74. The number of pyridine rings is 1. The number of nitrogens with zero attached hydrogens (tertiary/aromatic N) is 2. The van der Waals surface area contributed by atoms with Gasteiger partial charge in [0.25, 0.3) is 5.91 Å². The van der Waals surface area contributed by atoms with E-state index in [1.165, 1.54) is 0 Å². The molecule has 17 heavy (non-hydrogen) atoms. The summed E-state index contributed by atoms with van der Waals surface area (Å²) in [5.41, 5.74) is 2.89. The summed E-state index contributed by atoms with van der Waals surface area (Å²) in [5, 5.41) is 0. The molecule has 0 aliphatic heterocycles. The molecule has 0 unspecified atom stereocenters. The number of nitrogens with one attached hydrogen (secondary N) is 1. The van der Waals surface area contributed by atoms with Crippen LogP contribution in [0.2, 0.25) is 0 Å². The average molecular weight is 319 g/mol. The second-order valence-electron chi connectivity index (χ2n) is 3.41. The maximum absolute atomic E-state index is 12.1. The molecule has 1 aromatic heterocycles. The molecular weight excluding hydrogens is 304 g/mol. The van der Waals surface area contributed by atoms with E-state index >= 15 is 0 Å². The molecule has 0 radical (unpaired) electrons. The summed E-state index contributed by atoms with van der Waals surface area (Å²) in [5.74, 6) is 6.52. The van der Waals surface area contributed by atoms with Gasteiger partial charge in [-0.1, -0.05) is 0 Å². The first kappa shape index (κ1) is 14.3. The molecule has 0 spiro atoms. The number of hydrogen-bond acceptors (Lipinski definition) is 5. The van der Waals surface area contributed by atoms with Crippen molar-refractivity contribution in [2.45, 2.75) is 0 Å². The van der Waals surface area contributed by atoms with Gasteiger partial charge in [-0.05, 0) is 28.3 Å². The van der Waals surface area contributed by atoms with Crippen molar-refractivity contribution in [2.24, 2.45) is 5.84 Å². The number of aromatic nitrogens is 1. The monoisotopic (exact) mass is 318 g/mol. The van der Waals surface area contributed by atoms with Crippen molar-refractivity contribution in [3.05, 3.63) is 22.3 Å². The summed E-state index contributed by atoms with van der Waals surface area (Å²) in [7, 11) is 1.76. The highest BCUT2D eigenvalue weighted by Gasteiger charge is 2.16. The van der Waals surface area contributed by atoms with Crippen LogP contribution in [0, 0.1) is 0 Å². The highest BCUT2D eigenvalue weighted by molar-refractivity contribution is 9.10. The largest absolute Gasteiger partial charge is 0.341 e. The number of amides is 1. The Labute approximate surface area is 113 Å². The number of anilines is 1. The van der Waals surface area contributed by atoms with Crippen LogP contribution in [0.4, 0.5) is 5.82 Å². The Balaban J connectivity index is 2.90. The summed E-state index contributed by atoms with van der Waals surface area (Å²) in [4.78, 5) is 17.8. The van der Waals surface area contributed by atoms with E-state index < -0.39 is 0 Å².